The van der Waals surface area contributed by atoms with Crippen molar-refractivity contribution in [1.29, 1.82) is 0 Å². The molecule has 7 nitrogen and oxygen atoms in total. The van der Waals surface area contributed by atoms with E-state index in [1.54, 1.807) is 42.5 Å². The van der Waals surface area contributed by atoms with Gasteiger partial charge in [-0.1, -0.05) is 49.1 Å². The van der Waals surface area contributed by atoms with Crippen LogP contribution in [0.25, 0.3) is 6.08 Å². The van der Waals surface area contributed by atoms with Crippen LogP contribution < -0.4 is 5.32 Å². The van der Waals surface area contributed by atoms with Crippen LogP contribution in [0, 0.1) is 10.1 Å². The molecular formula is C23H14N2O5. The average molecular weight is 398 g/mol. The van der Waals surface area contributed by atoms with Gasteiger partial charge in [-0.25, -0.2) is 0 Å². The molecule has 0 bridgehead atoms. The van der Waals surface area contributed by atoms with E-state index in [0.717, 1.165) is 11.6 Å². The zero-order valence-electron chi connectivity index (χ0n) is 15.5. The molecule has 0 aliphatic heterocycles. The zero-order chi connectivity index (χ0) is 21.4. The molecule has 7 heteroatoms. The van der Waals surface area contributed by atoms with Gasteiger partial charge in [0.1, 0.15) is 5.56 Å². The Hall–Kier alpha value is -4.39. The molecule has 0 unspecified atom stereocenters. The third-order valence-corrected chi connectivity index (χ3v) is 4.91. The summed E-state index contributed by atoms with van der Waals surface area (Å²) in [5.74, 6) is -1.69. The molecule has 1 aliphatic carbocycles. The van der Waals surface area contributed by atoms with Crippen molar-refractivity contribution in [2.75, 3.05) is 5.32 Å². The van der Waals surface area contributed by atoms with Crippen LogP contribution in [0.5, 0.6) is 0 Å². The number of anilines is 1. The van der Waals surface area contributed by atoms with Gasteiger partial charge in [-0.3, -0.25) is 24.5 Å². The second-order valence-corrected chi connectivity index (χ2v) is 6.62. The molecule has 0 fully saturated rings. The van der Waals surface area contributed by atoms with Gasteiger partial charge in [0, 0.05) is 22.8 Å². The molecule has 0 spiro atoms. The first-order chi connectivity index (χ1) is 14.4. The number of nitrogens with zero attached hydrogens (tertiary/aromatic N) is 1. The Kier molecular flexibility index (Phi) is 4.56. The van der Waals surface area contributed by atoms with Crippen molar-refractivity contribution in [1.82, 2.24) is 0 Å². The molecule has 3 aromatic rings. The van der Waals surface area contributed by atoms with Crippen LogP contribution in [0.2, 0.25) is 0 Å². The Labute approximate surface area is 170 Å². The predicted molar refractivity (Wildman–Crippen MR) is 111 cm³/mol. The maximum absolute atomic E-state index is 13.1. The number of fused-ring (bicyclic) bond motifs is 2. The number of ketones is 2. The second-order valence-electron chi connectivity index (χ2n) is 6.62. The summed E-state index contributed by atoms with van der Waals surface area (Å²) in [7, 11) is 0. The third-order valence-electron chi connectivity index (χ3n) is 4.91. The number of rotatable bonds is 4. The Morgan fingerprint density at radius 1 is 0.900 bits per heavy atom. The summed E-state index contributed by atoms with van der Waals surface area (Å²) < 4.78 is 0. The van der Waals surface area contributed by atoms with Gasteiger partial charge in [0.05, 0.1) is 16.2 Å². The number of hydrogen-bond donors (Lipinski definition) is 1. The van der Waals surface area contributed by atoms with E-state index in [4.69, 9.17) is 0 Å². The summed E-state index contributed by atoms with van der Waals surface area (Å²) in [6, 6.07) is 15.1. The maximum atomic E-state index is 13.1. The fourth-order valence-electron chi connectivity index (χ4n) is 3.43. The molecule has 3 aromatic carbocycles. The van der Waals surface area contributed by atoms with Crippen LogP contribution >= 0.6 is 0 Å². The maximum Gasteiger partial charge on any atom is 0.281 e. The number of carbonyl (C=O) groups excluding carboxylic acids is 3. The van der Waals surface area contributed by atoms with Crippen molar-refractivity contribution in [2.45, 2.75) is 0 Å². The second kappa shape index (κ2) is 7.21. The number of nitro groups is 1. The summed E-state index contributed by atoms with van der Waals surface area (Å²) in [6.07, 6.45) is 1.64. The smallest absolute Gasteiger partial charge is 0.281 e. The topological polar surface area (TPSA) is 106 Å². The molecule has 0 saturated carbocycles. The molecule has 0 aromatic heterocycles. The third kappa shape index (κ3) is 2.98. The number of nitro benzene ring substituents is 1. The zero-order valence-corrected chi connectivity index (χ0v) is 15.5. The van der Waals surface area contributed by atoms with Crippen molar-refractivity contribution < 1.29 is 19.3 Å². The van der Waals surface area contributed by atoms with Gasteiger partial charge in [-0.05, 0) is 23.8 Å². The number of nitrogens with one attached hydrogen (secondary N) is 1. The first kappa shape index (κ1) is 18.9. The molecule has 1 N–H and O–H groups in total. The van der Waals surface area contributed by atoms with Crippen LogP contribution in [-0.2, 0) is 0 Å². The quantitative estimate of drug-likeness (QED) is 0.408. The van der Waals surface area contributed by atoms with Crippen LogP contribution in [0.15, 0.2) is 67.2 Å². The largest absolute Gasteiger partial charge is 0.321 e. The lowest BCUT2D eigenvalue weighted by Crippen LogP contribution is -2.25. The lowest BCUT2D eigenvalue weighted by atomic mass is 9.82. The molecular weight excluding hydrogens is 384 g/mol. The van der Waals surface area contributed by atoms with E-state index in [0.29, 0.717) is 5.56 Å². The number of hydrogen-bond acceptors (Lipinski definition) is 5. The number of benzene rings is 3. The average Bonchev–Trinajstić information content (AvgIpc) is 2.77. The van der Waals surface area contributed by atoms with Crippen LogP contribution in [0.3, 0.4) is 0 Å². The molecule has 1 aliphatic rings. The van der Waals surface area contributed by atoms with Gasteiger partial charge in [-0.2, -0.15) is 0 Å². The highest BCUT2D eigenvalue weighted by Gasteiger charge is 2.37. The summed E-state index contributed by atoms with van der Waals surface area (Å²) >= 11 is 0. The molecule has 0 heterocycles. The lowest BCUT2D eigenvalue weighted by Gasteiger charge is -2.20. The molecule has 0 atom stereocenters. The fraction of sp³-hybridized carbons (Fsp3) is 0. The first-order valence-corrected chi connectivity index (χ1v) is 8.96. The highest BCUT2D eigenvalue weighted by atomic mass is 16.6. The molecule has 146 valence electrons. The number of carbonyl (C=O) groups is 3. The summed E-state index contributed by atoms with van der Waals surface area (Å²) in [5, 5.41) is 14.1. The van der Waals surface area contributed by atoms with E-state index in [2.05, 4.69) is 11.9 Å². The van der Waals surface area contributed by atoms with Gasteiger partial charge in [0.25, 0.3) is 11.6 Å². The Balaban J connectivity index is 1.83. The van der Waals surface area contributed by atoms with Crippen molar-refractivity contribution in [3.8, 4) is 0 Å². The Morgan fingerprint density at radius 3 is 2.07 bits per heavy atom. The molecule has 1 amide bonds. The summed E-state index contributed by atoms with van der Waals surface area (Å²) in [5.41, 5.74) is 0.460. The van der Waals surface area contributed by atoms with Gasteiger partial charge in [0.2, 0.25) is 5.78 Å². The van der Waals surface area contributed by atoms with E-state index in [-0.39, 0.29) is 27.9 Å². The minimum Gasteiger partial charge on any atom is -0.321 e. The number of amides is 1. The van der Waals surface area contributed by atoms with Gasteiger partial charge in [-0.15, -0.1) is 0 Å². The van der Waals surface area contributed by atoms with E-state index < -0.39 is 28.1 Å². The van der Waals surface area contributed by atoms with E-state index >= 15 is 0 Å². The van der Waals surface area contributed by atoms with Crippen LogP contribution in [0.1, 0.15) is 47.8 Å². The molecule has 0 radical (unpaired) electrons. The Bertz CT molecular complexity index is 1260. The van der Waals surface area contributed by atoms with Crippen molar-refractivity contribution >= 4 is 34.9 Å². The normalized spacial score (nSPS) is 12.0. The van der Waals surface area contributed by atoms with Crippen molar-refractivity contribution in [2.24, 2.45) is 0 Å². The first-order valence-electron chi connectivity index (χ1n) is 8.96. The van der Waals surface area contributed by atoms with E-state index in [1.807, 2.05) is 0 Å². The van der Waals surface area contributed by atoms with Crippen molar-refractivity contribution in [3.05, 3.63) is 111 Å². The summed E-state index contributed by atoms with van der Waals surface area (Å²) in [4.78, 5) is 49.6. The predicted octanol–water partition coefficient (Wildman–Crippen LogP) is 4.27. The summed E-state index contributed by atoms with van der Waals surface area (Å²) in [6.45, 7) is 3.65. The van der Waals surface area contributed by atoms with Gasteiger partial charge in [0.15, 0.2) is 5.78 Å². The molecule has 0 saturated heterocycles. The van der Waals surface area contributed by atoms with Gasteiger partial charge < -0.3 is 5.32 Å². The van der Waals surface area contributed by atoms with E-state index in [1.165, 1.54) is 18.2 Å². The SMILES string of the molecule is C=Cc1ccc(C(=O)Nc2ccc([N+](=O)[O-])c3c2C(=O)c2ccccc2C3=O)cc1. The fourth-order valence-corrected chi connectivity index (χ4v) is 3.43. The minimum atomic E-state index is -0.711. The highest BCUT2D eigenvalue weighted by Crippen LogP contribution is 2.37. The van der Waals surface area contributed by atoms with Crippen LogP contribution in [0.4, 0.5) is 11.4 Å². The monoisotopic (exact) mass is 398 g/mol. The Morgan fingerprint density at radius 2 is 1.50 bits per heavy atom. The lowest BCUT2D eigenvalue weighted by molar-refractivity contribution is -0.385. The highest BCUT2D eigenvalue weighted by molar-refractivity contribution is 6.32. The minimum absolute atomic E-state index is 0.0428. The van der Waals surface area contributed by atoms with Gasteiger partial charge >= 0.3 is 0 Å². The molecule has 4 rings (SSSR count). The van der Waals surface area contributed by atoms with E-state index in [9.17, 15) is 24.5 Å². The van der Waals surface area contributed by atoms with Crippen molar-refractivity contribution in [3.63, 3.8) is 0 Å². The van der Waals surface area contributed by atoms with Crippen LogP contribution in [-0.4, -0.2) is 22.4 Å². The standard InChI is InChI=1S/C23H14N2O5/c1-2-13-7-9-14(10-8-13)23(28)24-17-11-12-18(25(29)30)20-19(17)21(26)15-5-3-4-6-16(15)22(20)27/h2-12H,1H2,(H,24,28). The molecule has 30 heavy (non-hydrogen) atoms.